The van der Waals surface area contributed by atoms with E-state index in [-0.39, 0.29) is 17.7 Å². The van der Waals surface area contributed by atoms with E-state index in [1.807, 2.05) is 76.4 Å². The average molecular weight is 479 g/mol. The maximum atomic E-state index is 12.6. The Morgan fingerprint density at radius 1 is 1.15 bits per heavy atom. The van der Waals surface area contributed by atoms with E-state index in [2.05, 4.69) is 4.98 Å². The van der Waals surface area contributed by atoms with E-state index >= 15 is 0 Å². The second-order valence-corrected chi connectivity index (χ2v) is 10.4. The first kappa shape index (κ1) is 23.8. The average Bonchev–Trinajstić information content (AvgIpc) is 3.28. The van der Waals surface area contributed by atoms with Gasteiger partial charge in [0.25, 0.3) is 5.56 Å². The molecule has 4 rings (SSSR count). The molecule has 1 unspecified atom stereocenters. The van der Waals surface area contributed by atoms with Gasteiger partial charge >= 0.3 is 6.09 Å². The van der Waals surface area contributed by atoms with Crippen molar-refractivity contribution in [1.82, 2.24) is 9.88 Å². The van der Waals surface area contributed by atoms with Crippen molar-refractivity contribution in [3.63, 3.8) is 0 Å². The van der Waals surface area contributed by atoms with Crippen molar-refractivity contribution in [2.75, 3.05) is 14.2 Å². The number of amides is 1. The molecular formula is C27H30N2O4S. The number of hydrogen-bond acceptors (Lipinski definition) is 5. The molecule has 1 N–H and O–H groups in total. The van der Waals surface area contributed by atoms with Crippen LogP contribution < -0.4 is 10.3 Å². The van der Waals surface area contributed by atoms with Crippen LogP contribution in [0.1, 0.15) is 44.9 Å². The van der Waals surface area contributed by atoms with Gasteiger partial charge in [-0.25, -0.2) is 4.79 Å². The molecule has 2 aromatic carbocycles. The lowest BCUT2D eigenvalue weighted by Gasteiger charge is -2.29. The number of rotatable bonds is 4. The highest BCUT2D eigenvalue weighted by atomic mass is 32.1. The summed E-state index contributed by atoms with van der Waals surface area (Å²) in [4.78, 5) is 29.8. The lowest BCUT2D eigenvalue weighted by atomic mass is 9.94. The van der Waals surface area contributed by atoms with Gasteiger partial charge in [-0.3, -0.25) is 4.79 Å². The largest absolute Gasteiger partial charge is 0.496 e. The van der Waals surface area contributed by atoms with Crippen LogP contribution in [-0.2, 0) is 4.74 Å². The van der Waals surface area contributed by atoms with Crippen molar-refractivity contribution in [2.24, 2.45) is 0 Å². The number of thiophene rings is 1. The minimum atomic E-state index is -0.550. The molecule has 2 aromatic heterocycles. The smallest absolute Gasteiger partial charge is 0.410 e. The Labute approximate surface area is 203 Å². The molecular weight excluding hydrogens is 448 g/mol. The zero-order valence-electron chi connectivity index (χ0n) is 20.6. The number of nitrogens with one attached hydrogen (secondary N) is 1. The second kappa shape index (κ2) is 8.80. The van der Waals surface area contributed by atoms with Crippen molar-refractivity contribution in [2.45, 2.75) is 46.3 Å². The monoisotopic (exact) mass is 478 g/mol. The quantitative estimate of drug-likeness (QED) is 0.356. The predicted octanol–water partition coefficient (Wildman–Crippen LogP) is 6.65. The zero-order chi connectivity index (χ0) is 24.8. The molecule has 0 aliphatic heterocycles. The Balaban J connectivity index is 1.80. The van der Waals surface area contributed by atoms with Gasteiger partial charge in [0.2, 0.25) is 0 Å². The van der Waals surface area contributed by atoms with Crippen LogP contribution in [0.15, 0.2) is 46.6 Å². The molecule has 0 bridgehead atoms. The maximum absolute atomic E-state index is 12.6. The molecule has 0 aliphatic rings. The van der Waals surface area contributed by atoms with E-state index in [4.69, 9.17) is 9.47 Å². The summed E-state index contributed by atoms with van der Waals surface area (Å²) in [5, 5.41) is 3.83. The number of methoxy groups -OCH3 is 1. The fourth-order valence-corrected chi connectivity index (χ4v) is 4.96. The van der Waals surface area contributed by atoms with Gasteiger partial charge in [0.05, 0.1) is 18.7 Å². The second-order valence-electron chi connectivity index (χ2n) is 9.53. The molecule has 1 amide bonds. The van der Waals surface area contributed by atoms with E-state index in [1.165, 1.54) is 11.3 Å². The highest BCUT2D eigenvalue weighted by molar-refractivity contribution is 7.17. The van der Waals surface area contributed by atoms with Gasteiger partial charge in [-0.05, 0) is 68.8 Å². The molecule has 4 aromatic rings. The van der Waals surface area contributed by atoms with Crippen molar-refractivity contribution < 1.29 is 14.3 Å². The lowest BCUT2D eigenvalue weighted by Crippen LogP contribution is -2.35. The minimum absolute atomic E-state index is 0.0777. The molecule has 0 saturated heterocycles. The van der Waals surface area contributed by atoms with E-state index in [1.54, 1.807) is 19.1 Å². The summed E-state index contributed by atoms with van der Waals surface area (Å²) in [6, 6.07) is 11.9. The Kier molecular flexibility index (Phi) is 6.16. The molecule has 7 heteroatoms. The number of pyridine rings is 1. The minimum Gasteiger partial charge on any atom is -0.496 e. The highest BCUT2D eigenvalue weighted by Crippen LogP contribution is 2.42. The molecule has 1 atom stereocenters. The number of aromatic amines is 1. The number of nitrogens with zero attached hydrogens (tertiary/aromatic N) is 1. The maximum Gasteiger partial charge on any atom is 0.410 e. The van der Waals surface area contributed by atoms with Crippen LogP contribution in [0.3, 0.4) is 0 Å². The van der Waals surface area contributed by atoms with Gasteiger partial charge in [-0.2, -0.15) is 0 Å². The van der Waals surface area contributed by atoms with Gasteiger partial charge in [-0.1, -0.05) is 24.3 Å². The molecule has 34 heavy (non-hydrogen) atoms. The predicted molar refractivity (Wildman–Crippen MR) is 139 cm³/mol. The van der Waals surface area contributed by atoms with Crippen LogP contribution in [-0.4, -0.2) is 35.7 Å². The third kappa shape index (κ3) is 4.28. The fraction of sp³-hybridized carbons (Fsp3) is 0.333. The summed E-state index contributed by atoms with van der Waals surface area (Å²) in [5.74, 6) is 0.747. The number of ether oxygens (including phenoxy) is 2. The number of hydrogen-bond donors (Lipinski definition) is 1. The standard InChI is InChI=1S/C27H30N2O4S/c1-15-14-20(32-7)21(22-19-12-13-34-24(19)25(30)28-23(15)22)18-10-8-17(9-11-18)16(2)29(6)26(31)33-27(3,4)5/h8-14,16H,1-7H3,(H,28,30). The Bertz CT molecular complexity index is 1430. The van der Waals surface area contributed by atoms with Crippen molar-refractivity contribution >= 4 is 38.4 Å². The summed E-state index contributed by atoms with van der Waals surface area (Å²) in [5.41, 5.74) is 4.03. The normalized spacial score (nSPS) is 12.7. The number of H-pyrrole nitrogens is 1. The van der Waals surface area contributed by atoms with E-state index < -0.39 is 5.60 Å². The van der Waals surface area contributed by atoms with E-state index in [0.717, 1.165) is 44.3 Å². The van der Waals surface area contributed by atoms with E-state index in [9.17, 15) is 9.59 Å². The van der Waals surface area contributed by atoms with Crippen LogP contribution in [0.25, 0.3) is 32.1 Å². The number of carbonyl (C=O) groups is 1. The van der Waals surface area contributed by atoms with Gasteiger partial charge < -0.3 is 19.4 Å². The van der Waals surface area contributed by atoms with Crippen molar-refractivity contribution in [1.29, 1.82) is 0 Å². The van der Waals surface area contributed by atoms with Crippen LogP contribution in [0.4, 0.5) is 4.79 Å². The zero-order valence-corrected chi connectivity index (χ0v) is 21.4. The van der Waals surface area contributed by atoms with Gasteiger partial charge in [-0.15, -0.1) is 11.3 Å². The summed E-state index contributed by atoms with van der Waals surface area (Å²) < 4.78 is 12.0. The highest BCUT2D eigenvalue weighted by Gasteiger charge is 2.24. The SMILES string of the molecule is COc1cc(C)c2[nH]c(=O)c3sccc3c2c1-c1ccc(C(C)N(C)C(=O)OC(C)(C)C)cc1. The van der Waals surface area contributed by atoms with Crippen LogP contribution in [0, 0.1) is 6.92 Å². The lowest BCUT2D eigenvalue weighted by molar-refractivity contribution is 0.0234. The Morgan fingerprint density at radius 3 is 2.44 bits per heavy atom. The number of fused-ring (bicyclic) bond motifs is 3. The van der Waals surface area contributed by atoms with Crippen molar-refractivity contribution in [3.05, 3.63) is 63.3 Å². The topological polar surface area (TPSA) is 71.6 Å². The summed E-state index contributed by atoms with van der Waals surface area (Å²) in [6.07, 6.45) is -0.362. The first-order valence-corrected chi connectivity index (χ1v) is 12.1. The number of aromatic nitrogens is 1. The molecule has 2 heterocycles. The molecule has 0 spiro atoms. The molecule has 0 saturated carbocycles. The molecule has 0 fully saturated rings. The summed E-state index contributed by atoms with van der Waals surface area (Å²) in [6.45, 7) is 9.51. The van der Waals surface area contributed by atoms with Crippen LogP contribution in [0.2, 0.25) is 0 Å². The third-order valence-electron chi connectivity index (χ3n) is 6.03. The fourth-order valence-electron chi connectivity index (χ4n) is 4.16. The molecule has 0 radical (unpaired) electrons. The van der Waals surface area contributed by atoms with Crippen molar-refractivity contribution in [3.8, 4) is 16.9 Å². The first-order chi connectivity index (χ1) is 16.0. The van der Waals surface area contributed by atoms with Gasteiger partial charge in [0, 0.05) is 23.4 Å². The summed E-state index contributed by atoms with van der Waals surface area (Å²) in [7, 11) is 3.40. The summed E-state index contributed by atoms with van der Waals surface area (Å²) >= 11 is 1.43. The number of aryl methyl sites for hydroxylation is 1. The molecule has 0 aliphatic carbocycles. The van der Waals surface area contributed by atoms with Gasteiger partial charge in [0.1, 0.15) is 16.1 Å². The molecule has 6 nitrogen and oxygen atoms in total. The van der Waals surface area contributed by atoms with Gasteiger partial charge in [0.15, 0.2) is 0 Å². The van der Waals surface area contributed by atoms with Crippen LogP contribution >= 0.6 is 11.3 Å². The Hall–Kier alpha value is -3.32. The first-order valence-electron chi connectivity index (χ1n) is 11.2. The van der Waals surface area contributed by atoms with Crippen LogP contribution in [0.5, 0.6) is 5.75 Å². The van der Waals surface area contributed by atoms with E-state index in [0.29, 0.717) is 4.70 Å². The number of carbonyl (C=O) groups excluding carboxylic acids is 1. The molecule has 178 valence electrons. The Morgan fingerprint density at radius 2 is 1.82 bits per heavy atom. The third-order valence-corrected chi connectivity index (χ3v) is 6.94. The number of benzene rings is 2.